The second-order valence-corrected chi connectivity index (χ2v) is 6.29. The minimum absolute atomic E-state index is 0.168. The van der Waals surface area contributed by atoms with E-state index in [4.69, 9.17) is 0 Å². The Morgan fingerprint density at radius 2 is 2.12 bits per heavy atom. The summed E-state index contributed by atoms with van der Waals surface area (Å²) in [5, 5.41) is 0. The van der Waals surface area contributed by atoms with Crippen LogP contribution in [0.4, 0.5) is 0 Å². The fourth-order valence-electron chi connectivity index (χ4n) is 1.87. The van der Waals surface area contributed by atoms with E-state index in [9.17, 15) is 13.2 Å². The molecule has 0 aromatic heterocycles. The minimum atomic E-state index is -3.12. The quantitative estimate of drug-likeness (QED) is 0.662. The van der Waals surface area contributed by atoms with Crippen LogP contribution in [-0.2, 0) is 14.8 Å². The van der Waals surface area contributed by atoms with Crippen LogP contribution in [0.2, 0.25) is 0 Å². The molecule has 0 radical (unpaired) electrons. The third-order valence-electron chi connectivity index (χ3n) is 2.81. The van der Waals surface area contributed by atoms with E-state index in [1.807, 2.05) is 9.80 Å². The molecule has 2 rings (SSSR count). The van der Waals surface area contributed by atoms with Gasteiger partial charge >= 0.3 is 0 Å². The van der Waals surface area contributed by atoms with Crippen LogP contribution in [0, 0.1) is 0 Å². The molecule has 0 aromatic rings. The summed E-state index contributed by atoms with van der Waals surface area (Å²) >= 11 is 0. The van der Waals surface area contributed by atoms with Crippen molar-refractivity contribution in [2.75, 3.05) is 32.6 Å². The summed E-state index contributed by atoms with van der Waals surface area (Å²) in [7, 11) is -3.12. The lowest BCUT2D eigenvalue weighted by atomic mass is 10.5. The number of carbonyl (C=O) groups is 1. The zero-order chi connectivity index (χ0) is 11.8. The maximum Gasteiger partial charge on any atom is 0.238 e. The van der Waals surface area contributed by atoms with Crippen molar-refractivity contribution in [1.82, 2.24) is 14.5 Å². The molecular weight excluding hydrogens is 230 g/mol. The third kappa shape index (κ3) is 3.16. The SMILES string of the molecule is CS(=O)(=O)NCCN1CC(=O)N(C2CC2)C1. The number of nitrogens with one attached hydrogen (secondary N) is 1. The number of rotatable bonds is 5. The first kappa shape index (κ1) is 11.8. The van der Waals surface area contributed by atoms with Crippen molar-refractivity contribution >= 4 is 15.9 Å². The molecule has 2 aliphatic rings. The smallest absolute Gasteiger partial charge is 0.238 e. The predicted octanol–water partition coefficient (Wildman–Crippen LogP) is -1.20. The van der Waals surface area contributed by atoms with Crippen molar-refractivity contribution in [3.8, 4) is 0 Å². The van der Waals surface area contributed by atoms with Gasteiger partial charge in [-0.3, -0.25) is 9.69 Å². The molecule has 1 aliphatic heterocycles. The summed E-state index contributed by atoms with van der Waals surface area (Å²) in [6.45, 7) is 2.02. The van der Waals surface area contributed by atoms with Gasteiger partial charge in [0, 0.05) is 19.1 Å². The normalized spacial score (nSPS) is 23.1. The number of hydrogen-bond acceptors (Lipinski definition) is 4. The number of sulfonamides is 1. The molecule has 1 aliphatic carbocycles. The Bertz CT molecular complexity index is 377. The van der Waals surface area contributed by atoms with Crippen LogP contribution >= 0.6 is 0 Å². The fraction of sp³-hybridized carbons (Fsp3) is 0.889. The summed E-state index contributed by atoms with van der Waals surface area (Å²) in [6, 6.07) is 0.445. The number of amides is 1. The summed E-state index contributed by atoms with van der Waals surface area (Å²) in [5.41, 5.74) is 0. The molecule has 0 aromatic carbocycles. The lowest BCUT2D eigenvalue weighted by molar-refractivity contribution is -0.127. The highest BCUT2D eigenvalue weighted by Crippen LogP contribution is 2.29. The fourth-order valence-corrected chi connectivity index (χ4v) is 2.33. The van der Waals surface area contributed by atoms with Gasteiger partial charge < -0.3 is 4.90 Å². The van der Waals surface area contributed by atoms with Crippen LogP contribution in [0.1, 0.15) is 12.8 Å². The highest BCUT2D eigenvalue weighted by Gasteiger charge is 2.37. The molecule has 0 unspecified atom stereocenters. The molecule has 7 heteroatoms. The van der Waals surface area contributed by atoms with Gasteiger partial charge in [0.1, 0.15) is 0 Å². The van der Waals surface area contributed by atoms with Crippen molar-refractivity contribution in [3.05, 3.63) is 0 Å². The maximum atomic E-state index is 11.6. The molecule has 1 N–H and O–H groups in total. The lowest BCUT2D eigenvalue weighted by Gasteiger charge is -2.17. The van der Waals surface area contributed by atoms with Crippen molar-refractivity contribution in [3.63, 3.8) is 0 Å². The van der Waals surface area contributed by atoms with E-state index in [1.165, 1.54) is 0 Å². The van der Waals surface area contributed by atoms with E-state index in [2.05, 4.69) is 4.72 Å². The van der Waals surface area contributed by atoms with Crippen molar-refractivity contribution in [2.45, 2.75) is 18.9 Å². The lowest BCUT2D eigenvalue weighted by Crippen LogP contribution is -2.34. The summed E-state index contributed by atoms with van der Waals surface area (Å²) in [6.07, 6.45) is 3.36. The van der Waals surface area contributed by atoms with Gasteiger partial charge in [0.05, 0.1) is 19.5 Å². The molecule has 0 bridgehead atoms. The Morgan fingerprint density at radius 1 is 1.44 bits per heavy atom. The average molecular weight is 247 g/mol. The number of carbonyl (C=O) groups excluding carboxylic acids is 1. The molecular formula is C9H17N3O3S. The number of nitrogens with zero attached hydrogens (tertiary/aromatic N) is 2. The Labute approximate surface area is 95.6 Å². The van der Waals surface area contributed by atoms with E-state index >= 15 is 0 Å². The van der Waals surface area contributed by atoms with Crippen LogP contribution < -0.4 is 4.72 Å². The molecule has 1 saturated heterocycles. The Balaban J connectivity index is 1.74. The van der Waals surface area contributed by atoms with Crippen LogP contribution in [0.5, 0.6) is 0 Å². The molecule has 92 valence electrons. The molecule has 1 amide bonds. The van der Waals surface area contributed by atoms with Crippen molar-refractivity contribution < 1.29 is 13.2 Å². The Morgan fingerprint density at radius 3 is 2.69 bits per heavy atom. The zero-order valence-electron chi connectivity index (χ0n) is 9.35. The monoisotopic (exact) mass is 247 g/mol. The van der Waals surface area contributed by atoms with E-state index in [-0.39, 0.29) is 5.91 Å². The maximum absolute atomic E-state index is 11.6. The average Bonchev–Trinajstić information content (AvgIpc) is 2.90. The molecule has 16 heavy (non-hydrogen) atoms. The van der Waals surface area contributed by atoms with Gasteiger partial charge in [-0.15, -0.1) is 0 Å². The standard InChI is InChI=1S/C9H17N3O3S/c1-16(14,15)10-4-5-11-6-9(13)12(7-11)8-2-3-8/h8,10H,2-7H2,1H3. The first-order valence-corrected chi connectivity index (χ1v) is 7.31. The van der Waals surface area contributed by atoms with Crippen molar-refractivity contribution in [1.29, 1.82) is 0 Å². The highest BCUT2D eigenvalue weighted by molar-refractivity contribution is 7.88. The van der Waals surface area contributed by atoms with E-state index in [1.54, 1.807) is 0 Å². The van der Waals surface area contributed by atoms with Crippen LogP contribution in [-0.4, -0.2) is 62.7 Å². The van der Waals surface area contributed by atoms with E-state index in [0.29, 0.717) is 32.3 Å². The van der Waals surface area contributed by atoms with Crippen LogP contribution in [0.15, 0.2) is 0 Å². The van der Waals surface area contributed by atoms with E-state index < -0.39 is 10.0 Å². The van der Waals surface area contributed by atoms with E-state index in [0.717, 1.165) is 19.1 Å². The van der Waals surface area contributed by atoms with Gasteiger partial charge in [-0.25, -0.2) is 13.1 Å². The zero-order valence-corrected chi connectivity index (χ0v) is 10.2. The topological polar surface area (TPSA) is 69.7 Å². The second kappa shape index (κ2) is 4.31. The largest absolute Gasteiger partial charge is 0.326 e. The van der Waals surface area contributed by atoms with Crippen LogP contribution in [0.3, 0.4) is 0 Å². The molecule has 1 saturated carbocycles. The van der Waals surface area contributed by atoms with Crippen molar-refractivity contribution in [2.24, 2.45) is 0 Å². The van der Waals surface area contributed by atoms with Gasteiger partial charge in [-0.2, -0.15) is 0 Å². The van der Waals surface area contributed by atoms with Crippen LogP contribution in [0.25, 0.3) is 0 Å². The number of hydrogen-bond donors (Lipinski definition) is 1. The molecule has 0 atom stereocenters. The Hall–Kier alpha value is -0.660. The summed E-state index contributed by atoms with van der Waals surface area (Å²) < 4.78 is 24.1. The summed E-state index contributed by atoms with van der Waals surface area (Å²) in [5.74, 6) is 0.168. The molecule has 2 fully saturated rings. The summed E-state index contributed by atoms with van der Waals surface area (Å²) in [4.78, 5) is 15.4. The minimum Gasteiger partial charge on any atom is -0.326 e. The molecule has 6 nitrogen and oxygen atoms in total. The predicted molar refractivity (Wildman–Crippen MR) is 59.2 cm³/mol. The van der Waals surface area contributed by atoms with Gasteiger partial charge in [0.2, 0.25) is 15.9 Å². The van der Waals surface area contributed by atoms with Gasteiger partial charge in [-0.1, -0.05) is 0 Å². The van der Waals surface area contributed by atoms with Gasteiger partial charge in [0.25, 0.3) is 0 Å². The third-order valence-corrected chi connectivity index (χ3v) is 3.54. The molecule has 0 spiro atoms. The second-order valence-electron chi connectivity index (χ2n) is 4.46. The highest BCUT2D eigenvalue weighted by atomic mass is 32.2. The Kier molecular flexibility index (Phi) is 3.18. The van der Waals surface area contributed by atoms with Gasteiger partial charge in [0.15, 0.2) is 0 Å². The first-order chi connectivity index (χ1) is 7.46. The van der Waals surface area contributed by atoms with Gasteiger partial charge in [-0.05, 0) is 12.8 Å². The first-order valence-electron chi connectivity index (χ1n) is 5.42. The molecule has 1 heterocycles.